The van der Waals surface area contributed by atoms with Crippen molar-refractivity contribution in [1.29, 1.82) is 0 Å². The first-order valence-electron chi connectivity index (χ1n) is 10.6. The third kappa shape index (κ3) is 5.21. The van der Waals surface area contributed by atoms with Gasteiger partial charge in [0.2, 0.25) is 0 Å². The van der Waals surface area contributed by atoms with E-state index in [9.17, 15) is 9.59 Å². The Hall–Kier alpha value is -2.82. The van der Waals surface area contributed by atoms with Crippen molar-refractivity contribution >= 4 is 17.4 Å². The van der Waals surface area contributed by atoms with Crippen molar-refractivity contribution in [2.75, 3.05) is 11.9 Å². The van der Waals surface area contributed by atoms with Crippen molar-refractivity contribution in [3.8, 4) is 11.5 Å². The number of hydrogen-bond acceptors (Lipinski definition) is 4. The molecule has 0 fully saturated rings. The molecule has 5 heteroatoms. The molecule has 0 saturated heterocycles. The molecule has 0 bridgehead atoms. The fourth-order valence-electron chi connectivity index (χ4n) is 3.79. The Balaban J connectivity index is 1.64. The Morgan fingerprint density at radius 3 is 2.63 bits per heavy atom. The van der Waals surface area contributed by atoms with Crippen molar-refractivity contribution in [3.63, 3.8) is 0 Å². The van der Waals surface area contributed by atoms with Gasteiger partial charge in [-0.15, -0.1) is 0 Å². The van der Waals surface area contributed by atoms with Gasteiger partial charge in [0.05, 0.1) is 12.0 Å². The molecule has 1 amide bonds. The number of nitrogens with one attached hydrogen (secondary N) is 1. The van der Waals surface area contributed by atoms with E-state index in [1.54, 1.807) is 12.1 Å². The Bertz CT molecular complexity index is 962. The monoisotopic (exact) mass is 409 g/mol. The van der Waals surface area contributed by atoms with Crippen LogP contribution in [0.15, 0.2) is 30.3 Å². The highest BCUT2D eigenvalue weighted by Gasteiger charge is 2.33. The highest BCUT2D eigenvalue weighted by Crippen LogP contribution is 2.37. The van der Waals surface area contributed by atoms with E-state index in [4.69, 9.17) is 9.47 Å². The van der Waals surface area contributed by atoms with Crippen molar-refractivity contribution in [3.05, 3.63) is 52.6 Å². The lowest BCUT2D eigenvalue weighted by Gasteiger charge is -2.32. The third-order valence-electron chi connectivity index (χ3n) is 5.28. The van der Waals surface area contributed by atoms with Crippen LogP contribution in [-0.2, 0) is 11.2 Å². The Kier molecular flexibility index (Phi) is 6.49. The number of carbonyl (C=O) groups is 2. The first kappa shape index (κ1) is 21.9. The van der Waals surface area contributed by atoms with Gasteiger partial charge < -0.3 is 14.8 Å². The summed E-state index contributed by atoms with van der Waals surface area (Å²) in [4.78, 5) is 24.8. The molecule has 0 spiro atoms. The van der Waals surface area contributed by atoms with Gasteiger partial charge in [0, 0.05) is 11.8 Å². The van der Waals surface area contributed by atoms with Gasteiger partial charge >= 0.3 is 0 Å². The zero-order valence-electron chi connectivity index (χ0n) is 18.6. The minimum atomic E-state index is -0.548. The van der Waals surface area contributed by atoms with E-state index >= 15 is 0 Å². The lowest BCUT2D eigenvalue weighted by atomic mass is 9.90. The molecular formula is C25H31NO4. The highest BCUT2D eigenvalue weighted by molar-refractivity contribution is 6.02. The molecule has 0 unspecified atom stereocenters. The Labute approximate surface area is 178 Å². The fourth-order valence-corrected chi connectivity index (χ4v) is 3.79. The summed E-state index contributed by atoms with van der Waals surface area (Å²) in [5.74, 6) is 0.872. The number of aryl methyl sites for hydroxylation is 3. The molecule has 30 heavy (non-hydrogen) atoms. The van der Waals surface area contributed by atoms with E-state index in [0.29, 0.717) is 23.5 Å². The van der Waals surface area contributed by atoms with Crippen LogP contribution in [0.4, 0.5) is 5.69 Å². The molecule has 1 aliphatic heterocycles. The second-order valence-corrected chi connectivity index (χ2v) is 8.66. The van der Waals surface area contributed by atoms with Crippen LogP contribution in [0.3, 0.4) is 0 Å². The summed E-state index contributed by atoms with van der Waals surface area (Å²) in [6, 6.07) is 9.60. The summed E-state index contributed by atoms with van der Waals surface area (Å²) in [6.07, 6.45) is 3.72. The molecule has 2 aromatic carbocycles. The van der Waals surface area contributed by atoms with Gasteiger partial charge in [-0.05, 0) is 69.4 Å². The minimum absolute atomic E-state index is 0.0703. The molecule has 1 heterocycles. The average molecular weight is 410 g/mol. The van der Waals surface area contributed by atoms with Gasteiger partial charge in [-0.25, -0.2) is 0 Å². The van der Waals surface area contributed by atoms with Crippen LogP contribution in [0, 0.1) is 13.8 Å². The van der Waals surface area contributed by atoms with Crippen molar-refractivity contribution in [1.82, 2.24) is 0 Å². The van der Waals surface area contributed by atoms with E-state index < -0.39 is 5.60 Å². The largest absolute Gasteiger partial charge is 0.486 e. The first-order chi connectivity index (χ1) is 14.2. The molecule has 0 aliphatic carbocycles. The second kappa shape index (κ2) is 8.90. The maximum Gasteiger partial charge on any atom is 0.262 e. The summed E-state index contributed by atoms with van der Waals surface area (Å²) >= 11 is 0. The number of unbranched alkanes of at least 4 members (excludes halogenated alkanes) is 1. The topological polar surface area (TPSA) is 64.6 Å². The minimum Gasteiger partial charge on any atom is -0.486 e. The zero-order valence-corrected chi connectivity index (χ0v) is 18.6. The van der Waals surface area contributed by atoms with Crippen LogP contribution in [0.5, 0.6) is 11.5 Å². The van der Waals surface area contributed by atoms with Gasteiger partial charge in [0.25, 0.3) is 5.91 Å². The quantitative estimate of drug-likeness (QED) is 0.664. The van der Waals surface area contributed by atoms with Crippen LogP contribution in [-0.4, -0.2) is 23.9 Å². The number of anilines is 1. The molecule has 1 N–H and O–H groups in total. The lowest BCUT2D eigenvalue weighted by Crippen LogP contribution is -2.36. The number of benzene rings is 2. The maximum atomic E-state index is 12.4. The van der Waals surface area contributed by atoms with Gasteiger partial charge in [0.15, 0.2) is 12.4 Å². The smallest absolute Gasteiger partial charge is 0.262 e. The molecular weight excluding hydrogens is 378 g/mol. The number of ketones is 1. The van der Waals surface area contributed by atoms with Crippen molar-refractivity contribution < 1.29 is 19.1 Å². The summed E-state index contributed by atoms with van der Waals surface area (Å²) in [5.41, 5.74) is 3.96. The van der Waals surface area contributed by atoms with Crippen molar-refractivity contribution in [2.24, 2.45) is 0 Å². The number of ether oxygens (including phenoxy) is 2. The molecule has 3 rings (SSSR count). The summed E-state index contributed by atoms with van der Waals surface area (Å²) < 4.78 is 11.7. The van der Waals surface area contributed by atoms with Gasteiger partial charge in [0.1, 0.15) is 17.1 Å². The summed E-state index contributed by atoms with van der Waals surface area (Å²) in [5, 5.41) is 2.91. The van der Waals surface area contributed by atoms with Crippen LogP contribution < -0.4 is 14.8 Å². The number of amides is 1. The number of Topliss-reactive ketones (excluding diaryl/α,β-unsaturated/α-hetero) is 1. The molecule has 1 aliphatic rings. The Morgan fingerprint density at radius 1 is 1.17 bits per heavy atom. The standard InChI is InChI=1S/C25H31NO4/c1-6-7-8-18-9-10-20(16(2)11-18)26-23(28)15-29-19-12-17(3)24-21(27)14-25(4,5)30-22(24)13-19/h9-13H,6-8,14-15H2,1-5H3,(H,26,28). The van der Waals surface area contributed by atoms with Gasteiger partial charge in [-0.3, -0.25) is 9.59 Å². The van der Waals surface area contributed by atoms with E-state index in [-0.39, 0.29) is 18.3 Å². The molecule has 2 aromatic rings. The van der Waals surface area contributed by atoms with Crippen LogP contribution in [0.25, 0.3) is 0 Å². The predicted octanol–water partition coefficient (Wildman–Crippen LogP) is 5.41. The van der Waals surface area contributed by atoms with Crippen LogP contribution >= 0.6 is 0 Å². The number of hydrogen-bond donors (Lipinski definition) is 1. The molecule has 0 saturated carbocycles. The van der Waals surface area contributed by atoms with E-state index in [1.165, 1.54) is 5.56 Å². The SMILES string of the molecule is CCCCc1ccc(NC(=O)COc2cc(C)c3c(c2)OC(C)(C)CC3=O)c(C)c1. The third-order valence-corrected chi connectivity index (χ3v) is 5.28. The molecule has 160 valence electrons. The zero-order chi connectivity index (χ0) is 21.9. The lowest BCUT2D eigenvalue weighted by molar-refractivity contribution is -0.118. The Morgan fingerprint density at radius 2 is 1.93 bits per heavy atom. The molecule has 0 radical (unpaired) electrons. The predicted molar refractivity (Wildman–Crippen MR) is 119 cm³/mol. The number of rotatable bonds is 7. The number of fused-ring (bicyclic) bond motifs is 1. The van der Waals surface area contributed by atoms with E-state index in [1.807, 2.05) is 33.8 Å². The maximum absolute atomic E-state index is 12.4. The van der Waals surface area contributed by atoms with E-state index in [2.05, 4.69) is 24.4 Å². The normalized spacial score (nSPS) is 14.6. The highest BCUT2D eigenvalue weighted by atomic mass is 16.5. The second-order valence-electron chi connectivity index (χ2n) is 8.66. The molecule has 0 atom stereocenters. The summed E-state index contributed by atoms with van der Waals surface area (Å²) in [7, 11) is 0. The summed E-state index contributed by atoms with van der Waals surface area (Å²) in [6.45, 7) is 9.69. The average Bonchev–Trinajstić information content (AvgIpc) is 2.65. The van der Waals surface area contributed by atoms with Gasteiger partial charge in [-0.2, -0.15) is 0 Å². The van der Waals surface area contributed by atoms with Crippen LogP contribution in [0.1, 0.15) is 67.1 Å². The van der Waals surface area contributed by atoms with E-state index in [0.717, 1.165) is 36.1 Å². The fraction of sp³-hybridized carbons (Fsp3) is 0.440. The molecule has 5 nitrogen and oxygen atoms in total. The van der Waals surface area contributed by atoms with Crippen molar-refractivity contribution in [2.45, 2.75) is 65.9 Å². The molecule has 0 aromatic heterocycles. The number of carbonyl (C=O) groups excluding carboxylic acids is 2. The van der Waals surface area contributed by atoms with Crippen LogP contribution in [0.2, 0.25) is 0 Å². The van der Waals surface area contributed by atoms with Gasteiger partial charge in [-0.1, -0.05) is 25.5 Å². The first-order valence-corrected chi connectivity index (χ1v) is 10.6.